The summed E-state index contributed by atoms with van der Waals surface area (Å²) in [5, 5.41) is 3.71. The Balaban J connectivity index is 2.19. The summed E-state index contributed by atoms with van der Waals surface area (Å²) in [7, 11) is -1.73. The van der Waals surface area contributed by atoms with E-state index in [0.29, 0.717) is 13.2 Å². The zero-order chi connectivity index (χ0) is 17.8. The van der Waals surface area contributed by atoms with Gasteiger partial charge in [-0.3, -0.25) is 0 Å². The first-order chi connectivity index (χ1) is 11.5. The summed E-state index contributed by atoms with van der Waals surface area (Å²) in [6, 6.07) is 6.02. The predicted molar refractivity (Wildman–Crippen MR) is 107 cm³/mol. The van der Waals surface area contributed by atoms with Gasteiger partial charge < -0.3 is 0 Å². The van der Waals surface area contributed by atoms with Crippen LogP contribution < -0.4 is 5.09 Å². The van der Waals surface area contributed by atoms with Gasteiger partial charge in [0.2, 0.25) is 0 Å². The Morgan fingerprint density at radius 3 is 2.92 bits per heavy atom. The smallest absolute Gasteiger partial charge is 0.130 e. The van der Waals surface area contributed by atoms with Crippen molar-refractivity contribution in [2.45, 2.75) is 52.2 Å². The van der Waals surface area contributed by atoms with Crippen LogP contribution in [0.2, 0.25) is 5.02 Å². The molecule has 0 aliphatic carbocycles. The molecular formula is C18H28ClNO2PS+. The molecule has 0 radical (unpaired) electrons. The fraction of sp³-hybridized carbons (Fsp3) is 0.556. The van der Waals surface area contributed by atoms with Gasteiger partial charge in [0.25, 0.3) is 0 Å². The molecule has 1 atom stereocenters. The number of halogens is 1. The van der Waals surface area contributed by atoms with Gasteiger partial charge in [-0.2, -0.15) is 0 Å². The Labute approximate surface area is 156 Å². The molecule has 1 aromatic rings. The van der Waals surface area contributed by atoms with Crippen LogP contribution >= 0.6 is 31.5 Å². The molecule has 0 fully saturated rings. The normalized spacial score (nSPS) is 12.5. The van der Waals surface area contributed by atoms with Gasteiger partial charge in [-0.05, 0) is 59.4 Å². The van der Waals surface area contributed by atoms with Crippen molar-refractivity contribution in [1.29, 1.82) is 0 Å². The Kier molecular flexibility index (Phi) is 11.7. The Hall–Kier alpha value is -0.380. The minimum atomic E-state index is -1.73. The van der Waals surface area contributed by atoms with Crippen LogP contribution in [-0.2, 0) is 14.8 Å². The highest BCUT2D eigenvalue weighted by molar-refractivity contribution is 8.02. The Bertz CT molecular complexity index is 552. The van der Waals surface area contributed by atoms with Gasteiger partial charge in [0.05, 0.1) is 0 Å². The summed E-state index contributed by atoms with van der Waals surface area (Å²) in [6.45, 7) is 7.57. The second kappa shape index (κ2) is 12.9. The summed E-state index contributed by atoms with van der Waals surface area (Å²) in [4.78, 5) is 1.27. The molecule has 0 aliphatic heterocycles. The molecule has 1 aromatic carbocycles. The van der Waals surface area contributed by atoms with Crippen LogP contribution in [-0.4, -0.2) is 13.2 Å². The van der Waals surface area contributed by atoms with E-state index in [-0.39, 0.29) is 0 Å². The van der Waals surface area contributed by atoms with Crippen LogP contribution in [0.1, 0.15) is 50.7 Å². The number of unbranched alkanes of at least 4 members (excludes halogenated alkanes) is 2. The number of nitrogens with one attached hydrogen (secondary N) is 1. The van der Waals surface area contributed by atoms with E-state index in [4.69, 9.17) is 16.1 Å². The van der Waals surface area contributed by atoms with Crippen LogP contribution in [0.3, 0.4) is 0 Å². The zero-order valence-corrected chi connectivity index (χ0v) is 17.3. The summed E-state index contributed by atoms with van der Waals surface area (Å²) in [5.41, 5.74) is 2.53. The van der Waals surface area contributed by atoms with E-state index in [1.807, 2.05) is 23.9 Å². The number of hydrogen-bond acceptors (Lipinski definition) is 3. The van der Waals surface area contributed by atoms with Crippen molar-refractivity contribution in [3.05, 3.63) is 45.3 Å². The van der Waals surface area contributed by atoms with Crippen LogP contribution in [0.15, 0.2) is 29.2 Å². The molecule has 3 nitrogen and oxygen atoms in total. The maximum atomic E-state index is 11.6. The van der Waals surface area contributed by atoms with E-state index in [2.05, 4.69) is 38.0 Å². The Morgan fingerprint density at radius 2 is 2.21 bits per heavy atom. The molecule has 24 heavy (non-hydrogen) atoms. The average molecular weight is 389 g/mol. The summed E-state index contributed by atoms with van der Waals surface area (Å²) in [5.74, 6) is 0.938. The number of aryl methyl sites for hydroxylation is 1. The van der Waals surface area contributed by atoms with Crippen molar-refractivity contribution in [3.63, 3.8) is 0 Å². The molecule has 1 unspecified atom stereocenters. The number of allylic oxidation sites excluding steroid dienone is 1. The second-order valence-corrected chi connectivity index (χ2v) is 8.41. The van der Waals surface area contributed by atoms with E-state index in [1.54, 1.807) is 0 Å². The van der Waals surface area contributed by atoms with Gasteiger partial charge >= 0.3 is 8.18 Å². The minimum absolute atomic E-state index is 0.571. The molecule has 134 valence electrons. The molecule has 6 heteroatoms. The molecule has 0 saturated heterocycles. The van der Waals surface area contributed by atoms with Gasteiger partial charge in [-0.25, -0.2) is 0 Å². The summed E-state index contributed by atoms with van der Waals surface area (Å²) >= 11 is 7.79. The van der Waals surface area contributed by atoms with Crippen LogP contribution in [0.25, 0.3) is 0 Å². The Morgan fingerprint density at radius 1 is 1.42 bits per heavy atom. The zero-order valence-electron chi connectivity index (χ0n) is 14.8. The van der Waals surface area contributed by atoms with Crippen molar-refractivity contribution in [2.24, 2.45) is 0 Å². The first-order valence-corrected chi connectivity index (χ1v) is 10.9. The molecule has 0 aromatic heterocycles. The van der Waals surface area contributed by atoms with Gasteiger partial charge in [-0.1, -0.05) is 48.6 Å². The maximum Gasteiger partial charge on any atom is 0.613 e. The lowest BCUT2D eigenvalue weighted by Gasteiger charge is -2.06. The quantitative estimate of drug-likeness (QED) is 0.322. The first-order valence-electron chi connectivity index (χ1n) is 8.41. The lowest BCUT2D eigenvalue weighted by atomic mass is 10.1. The largest absolute Gasteiger partial charge is 0.613 e. The van der Waals surface area contributed by atoms with Crippen molar-refractivity contribution < 1.29 is 9.09 Å². The van der Waals surface area contributed by atoms with E-state index < -0.39 is 8.18 Å². The number of rotatable bonds is 12. The van der Waals surface area contributed by atoms with Crippen LogP contribution in [0, 0.1) is 6.92 Å². The fourth-order valence-electron chi connectivity index (χ4n) is 2.05. The topological polar surface area (TPSA) is 38.3 Å². The van der Waals surface area contributed by atoms with Crippen molar-refractivity contribution in [3.8, 4) is 0 Å². The summed E-state index contributed by atoms with van der Waals surface area (Å²) in [6.07, 6.45) is 6.25. The van der Waals surface area contributed by atoms with Crippen molar-refractivity contribution in [1.82, 2.24) is 5.09 Å². The molecule has 0 spiro atoms. The molecular weight excluding hydrogens is 361 g/mol. The third-order valence-electron chi connectivity index (χ3n) is 3.53. The van der Waals surface area contributed by atoms with E-state index in [1.165, 1.54) is 16.0 Å². The molecule has 0 aliphatic rings. The molecule has 0 saturated carbocycles. The van der Waals surface area contributed by atoms with Crippen molar-refractivity contribution >= 4 is 31.5 Å². The third kappa shape index (κ3) is 9.80. The summed E-state index contributed by atoms with van der Waals surface area (Å²) < 4.78 is 16.8. The molecule has 1 rings (SSSR count). The van der Waals surface area contributed by atoms with Gasteiger partial charge in [0.1, 0.15) is 6.61 Å². The highest BCUT2D eigenvalue weighted by Gasteiger charge is 2.15. The van der Waals surface area contributed by atoms with Gasteiger partial charge in [-0.15, -0.1) is 16.3 Å². The molecule has 1 N–H and O–H groups in total. The molecule has 0 bridgehead atoms. The number of hydrogen-bond donors (Lipinski definition) is 1. The second-order valence-electron chi connectivity index (χ2n) is 5.67. The standard InChI is InChI=1S/C18H28ClNO2PS/c1-4-5-6-12-22-23(21)20-11-7-8-16(3)24-14-17-9-10-18(19)13-15(17)2/h8-10,13H,4-7,11-12,14H2,1-3H3,(H,20,21)/q+1. The maximum absolute atomic E-state index is 11.6. The van der Waals surface area contributed by atoms with E-state index >= 15 is 0 Å². The number of benzene rings is 1. The first kappa shape index (κ1) is 21.7. The molecule has 0 heterocycles. The average Bonchev–Trinajstić information content (AvgIpc) is 2.55. The number of thioether (sulfide) groups is 1. The van der Waals surface area contributed by atoms with E-state index in [9.17, 15) is 4.57 Å². The van der Waals surface area contributed by atoms with Gasteiger partial charge in [0.15, 0.2) is 0 Å². The fourth-order valence-corrected chi connectivity index (χ4v) is 3.92. The highest BCUT2D eigenvalue weighted by atomic mass is 35.5. The van der Waals surface area contributed by atoms with Crippen LogP contribution in [0.5, 0.6) is 0 Å². The van der Waals surface area contributed by atoms with Gasteiger partial charge in [0, 0.05) is 17.3 Å². The molecule has 0 amide bonds. The monoisotopic (exact) mass is 388 g/mol. The third-order valence-corrected chi connectivity index (χ3v) is 5.74. The lowest BCUT2D eigenvalue weighted by molar-refractivity contribution is 0.312. The van der Waals surface area contributed by atoms with E-state index in [0.717, 1.165) is 36.5 Å². The van der Waals surface area contributed by atoms with Crippen LogP contribution in [0.4, 0.5) is 0 Å². The predicted octanol–water partition coefficient (Wildman–Crippen LogP) is 6.63. The minimum Gasteiger partial charge on any atom is -0.130 e. The highest BCUT2D eigenvalue weighted by Crippen LogP contribution is 2.25. The lowest BCUT2D eigenvalue weighted by Crippen LogP contribution is -2.06. The SMILES string of the molecule is CCCCCO[P+](=O)NCCC=C(C)SCc1ccc(Cl)cc1C. The van der Waals surface area contributed by atoms with Crippen molar-refractivity contribution in [2.75, 3.05) is 13.2 Å².